The molecule has 1 fully saturated rings. The molecule has 0 N–H and O–H groups in total. The molecule has 31 heavy (non-hydrogen) atoms. The van der Waals surface area contributed by atoms with E-state index >= 15 is 0 Å². The molecule has 1 saturated heterocycles. The molecule has 0 bridgehead atoms. The van der Waals surface area contributed by atoms with Gasteiger partial charge in [-0.05, 0) is 17.8 Å². The largest absolute Gasteiger partial charge is 0.602 e. The zero-order chi connectivity index (χ0) is 21.1. The van der Waals surface area contributed by atoms with E-state index in [4.69, 9.17) is 13.7 Å². The molecule has 0 aromatic heterocycles. The Hall–Kier alpha value is -3.05. The van der Waals surface area contributed by atoms with Gasteiger partial charge in [-0.15, -0.1) is 10.9 Å². The molecule has 1 aliphatic heterocycles. The SMILES string of the molecule is Cc1ccc([B-]2(c3ccccc3)OB(c3ccccc3)OB(c3ccccc3)O2)cc1. The zero-order valence-electron chi connectivity index (χ0n) is 17.4. The first-order valence-electron chi connectivity index (χ1n) is 10.6. The minimum Gasteiger partial charge on any atom is -0.602 e. The maximum Gasteiger partial charge on any atom is 0.436 e. The van der Waals surface area contributed by atoms with Crippen molar-refractivity contribution in [3.63, 3.8) is 0 Å². The van der Waals surface area contributed by atoms with Crippen LogP contribution in [0.2, 0.25) is 0 Å². The van der Waals surface area contributed by atoms with E-state index in [1.807, 2.05) is 78.9 Å². The number of aryl methyl sites for hydroxylation is 1. The topological polar surface area (TPSA) is 27.7 Å². The number of benzene rings is 4. The lowest BCUT2D eigenvalue weighted by atomic mass is 9.41. The molecular formula is C25H22B3O3-. The lowest BCUT2D eigenvalue weighted by Gasteiger charge is -2.52. The van der Waals surface area contributed by atoms with Crippen LogP contribution in [0.1, 0.15) is 5.56 Å². The molecule has 0 atom stereocenters. The predicted molar refractivity (Wildman–Crippen MR) is 130 cm³/mol. The predicted octanol–water partition coefficient (Wildman–Crippen LogP) is 2.41. The van der Waals surface area contributed by atoms with Crippen LogP contribution in [0.15, 0.2) is 115 Å². The normalized spacial score (nSPS) is 15.6. The molecule has 0 amide bonds. The van der Waals surface area contributed by atoms with Crippen molar-refractivity contribution < 1.29 is 13.7 Å². The zero-order valence-corrected chi connectivity index (χ0v) is 17.4. The highest BCUT2D eigenvalue weighted by molar-refractivity contribution is 7.02. The van der Waals surface area contributed by atoms with E-state index in [-0.39, 0.29) is 0 Å². The van der Waals surface area contributed by atoms with Gasteiger partial charge in [0.2, 0.25) is 0 Å². The van der Waals surface area contributed by atoms with Crippen LogP contribution < -0.4 is 21.9 Å². The van der Waals surface area contributed by atoms with Gasteiger partial charge in [-0.25, -0.2) is 0 Å². The Kier molecular flexibility index (Phi) is 5.52. The van der Waals surface area contributed by atoms with E-state index in [1.54, 1.807) is 0 Å². The van der Waals surface area contributed by atoms with Crippen LogP contribution in [0, 0.1) is 6.92 Å². The van der Waals surface area contributed by atoms with Gasteiger partial charge in [0.25, 0.3) is 6.55 Å². The molecule has 5 rings (SSSR count). The monoisotopic (exact) mass is 403 g/mol. The summed E-state index contributed by atoms with van der Waals surface area (Å²) in [6, 6.07) is 38.6. The highest BCUT2D eigenvalue weighted by atomic mass is 16.7. The lowest BCUT2D eigenvalue weighted by Crippen LogP contribution is -2.74. The molecule has 0 aliphatic carbocycles. The molecule has 3 nitrogen and oxygen atoms in total. The van der Waals surface area contributed by atoms with Crippen molar-refractivity contribution in [2.45, 2.75) is 6.92 Å². The van der Waals surface area contributed by atoms with Crippen LogP contribution in [0.4, 0.5) is 0 Å². The summed E-state index contributed by atoms with van der Waals surface area (Å²) < 4.78 is 19.8. The molecule has 0 radical (unpaired) electrons. The fraction of sp³-hybridized carbons (Fsp3) is 0.0400. The minimum absolute atomic E-state index is 0.568. The summed E-state index contributed by atoms with van der Waals surface area (Å²) in [5, 5.41) is 0. The molecular weight excluding hydrogens is 381 g/mol. The standard InChI is InChI=1S/C25H22B3O3/c1-21-17-19-25(20-18-21)28(24-15-9-4-10-16-24)30-26(22-11-5-2-6-12-22)29-27(31-28)23-13-7-3-8-14-23/h2-20H,1H3/q-1. The molecule has 4 aromatic carbocycles. The second kappa shape index (κ2) is 8.60. The first kappa shape index (κ1) is 19.9. The van der Waals surface area contributed by atoms with E-state index in [0.29, 0.717) is 0 Å². The first-order chi connectivity index (χ1) is 15.2. The molecule has 4 aromatic rings. The van der Waals surface area contributed by atoms with Gasteiger partial charge in [0.05, 0.1) is 0 Å². The van der Waals surface area contributed by atoms with E-state index in [0.717, 1.165) is 21.9 Å². The summed E-state index contributed by atoms with van der Waals surface area (Å²) in [5.74, 6) is 0. The van der Waals surface area contributed by atoms with Gasteiger partial charge in [0.15, 0.2) is 0 Å². The van der Waals surface area contributed by atoms with Gasteiger partial charge in [-0.2, -0.15) is 0 Å². The summed E-state index contributed by atoms with van der Waals surface area (Å²) in [6.45, 7) is 0.0828. The Balaban J connectivity index is 1.68. The van der Waals surface area contributed by atoms with Crippen LogP contribution in [-0.4, -0.2) is 20.8 Å². The Morgan fingerprint density at radius 1 is 0.516 bits per heavy atom. The third-order valence-corrected chi connectivity index (χ3v) is 5.78. The summed E-state index contributed by atoms with van der Waals surface area (Å²) in [4.78, 5) is 0. The van der Waals surface area contributed by atoms with Gasteiger partial charge in [0.1, 0.15) is 0 Å². The van der Waals surface area contributed by atoms with E-state index in [2.05, 4.69) is 43.3 Å². The fourth-order valence-corrected chi connectivity index (χ4v) is 4.12. The number of hydrogen-bond acceptors (Lipinski definition) is 3. The third kappa shape index (κ3) is 3.98. The molecule has 0 unspecified atom stereocenters. The maximum atomic E-state index is 6.74. The van der Waals surface area contributed by atoms with Crippen molar-refractivity contribution in [2.75, 3.05) is 0 Å². The highest BCUT2D eigenvalue weighted by Crippen LogP contribution is 2.20. The van der Waals surface area contributed by atoms with Crippen molar-refractivity contribution in [3.05, 3.63) is 121 Å². The summed E-state index contributed by atoms with van der Waals surface area (Å²) in [6.07, 6.45) is 0. The minimum atomic E-state index is -2.00. The molecule has 1 aliphatic rings. The van der Waals surface area contributed by atoms with Crippen LogP contribution in [0.3, 0.4) is 0 Å². The average molecular weight is 403 g/mol. The smallest absolute Gasteiger partial charge is 0.436 e. The van der Waals surface area contributed by atoms with Crippen LogP contribution in [0.25, 0.3) is 0 Å². The summed E-state index contributed by atoms with van der Waals surface area (Å²) >= 11 is 0. The third-order valence-electron chi connectivity index (χ3n) is 5.78. The van der Waals surface area contributed by atoms with Gasteiger partial charge < -0.3 is 13.7 Å². The Bertz CT molecular complexity index is 1080. The van der Waals surface area contributed by atoms with Crippen molar-refractivity contribution in [1.82, 2.24) is 0 Å². The summed E-state index contributed by atoms with van der Waals surface area (Å²) in [7, 11) is -1.14. The number of rotatable bonds is 4. The highest BCUT2D eigenvalue weighted by Gasteiger charge is 2.45. The van der Waals surface area contributed by atoms with E-state index in [9.17, 15) is 0 Å². The molecule has 0 spiro atoms. The molecule has 150 valence electrons. The van der Waals surface area contributed by atoms with E-state index < -0.39 is 20.8 Å². The maximum absolute atomic E-state index is 6.74. The molecule has 0 saturated carbocycles. The summed E-state index contributed by atoms with van der Waals surface area (Å²) in [5.41, 5.74) is 5.08. The van der Waals surface area contributed by atoms with Crippen LogP contribution >= 0.6 is 0 Å². The van der Waals surface area contributed by atoms with Crippen LogP contribution in [0.5, 0.6) is 0 Å². The van der Waals surface area contributed by atoms with Crippen LogP contribution in [-0.2, 0) is 13.7 Å². The molecule has 1 heterocycles. The van der Waals surface area contributed by atoms with Crippen molar-refractivity contribution in [2.24, 2.45) is 0 Å². The number of hydrogen-bond donors (Lipinski definition) is 0. The Morgan fingerprint density at radius 3 is 1.42 bits per heavy atom. The van der Waals surface area contributed by atoms with Gasteiger partial charge in [-0.1, -0.05) is 121 Å². The molecule has 6 heteroatoms. The van der Waals surface area contributed by atoms with Crippen molar-refractivity contribution in [3.8, 4) is 0 Å². The quantitative estimate of drug-likeness (QED) is 0.491. The van der Waals surface area contributed by atoms with E-state index in [1.165, 1.54) is 5.56 Å². The average Bonchev–Trinajstić information content (AvgIpc) is 2.86. The van der Waals surface area contributed by atoms with Crippen molar-refractivity contribution >= 4 is 42.6 Å². The first-order valence-corrected chi connectivity index (χ1v) is 10.6. The van der Waals surface area contributed by atoms with Gasteiger partial charge >= 0.3 is 14.2 Å². The fourth-order valence-electron chi connectivity index (χ4n) is 4.12. The second-order valence-corrected chi connectivity index (χ2v) is 7.93. The Morgan fingerprint density at radius 2 is 0.935 bits per heavy atom. The Labute approximate surface area is 184 Å². The van der Waals surface area contributed by atoms with Gasteiger partial charge in [-0.3, -0.25) is 0 Å². The lowest BCUT2D eigenvalue weighted by molar-refractivity contribution is 0.294. The van der Waals surface area contributed by atoms with Crippen molar-refractivity contribution in [1.29, 1.82) is 0 Å². The van der Waals surface area contributed by atoms with Gasteiger partial charge in [0, 0.05) is 0 Å². The second-order valence-electron chi connectivity index (χ2n) is 7.93.